The summed E-state index contributed by atoms with van der Waals surface area (Å²) in [6.07, 6.45) is -0.335. The third-order valence-corrected chi connectivity index (χ3v) is 3.57. The lowest BCUT2D eigenvalue weighted by Gasteiger charge is -2.18. The monoisotopic (exact) mass is 347 g/mol. The molecule has 2 aromatic rings. The van der Waals surface area contributed by atoms with E-state index in [1.807, 2.05) is 0 Å². The summed E-state index contributed by atoms with van der Waals surface area (Å²) in [5.74, 6) is -1.16. The maximum atomic E-state index is 13.1. The predicted molar refractivity (Wildman–Crippen MR) is 88.4 cm³/mol. The standard InChI is InChI=1S/C18H18FNO5/c1-24-14-7-12(8-15(9-14)25-2)18(23)20-16(10-17(21)22)11-3-5-13(19)6-4-11/h3-9,16H,10H2,1-2H3,(H,20,23)(H,21,22)/t16-/m1/s1. The molecular formula is C18H18FNO5. The summed E-state index contributed by atoms with van der Waals surface area (Å²) in [6.45, 7) is 0. The van der Waals surface area contributed by atoms with E-state index in [0.29, 0.717) is 17.1 Å². The van der Waals surface area contributed by atoms with Gasteiger partial charge in [-0.2, -0.15) is 0 Å². The predicted octanol–water partition coefficient (Wildman–Crippen LogP) is 2.79. The van der Waals surface area contributed by atoms with E-state index in [4.69, 9.17) is 14.6 Å². The van der Waals surface area contributed by atoms with Gasteiger partial charge in [0.25, 0.3) is 5.91 Å². The molecule has 0 fully saturated rings. The van der Waals surface area contributed by atoms with Gasteiger partial charge in [0.1, 0.15) is 17.3 Å². The summed E-state index contributed by atoms with van der Waals surface area (Å²) in [4.78, 5) is 23.6. The highest BCUT2D eigenvalue weighted by molar-refractivity contribution is 5.95. The van der Waals surface area contributed by atoms with Crippen LogP contribution in [0.4, 0.5) is 4.39 Å². The Morgan fingerprint density at radius 2 is 1.64 bits per heavy atom. The molecule has 132 valence electrons. The van der Waals surface area contributed by atoms with Crippen LogP contribution in [0.3, 0.4) is 0 Å². The molecule has 0 bridgehead atoms. The van der Waals surface area contributed by atoms with Crippen LogP contribution in [0.1, 0.15) is 28.4 Å². The molecule has 0 saturated heterocycles. The number of ether oxygens (including phenoxy) is 2. The molecule has 2 N–H and O–H groups in total. The number of nitrogens with one attached hydrogen (secondary N) is 1. The van der Waals surface area contributed by atoms with Crippen molar-refractivity contribution >= 4 is 11.9 Å². The van der Waals surface area contributed by atoms with Crippen LogP contribution in [0.5, 0.6) is 11.5 Å². The summed E-state index contributed by atoms with van der Waals surface area (Å²) < 4.78 is 23.3. The minimum absolute atomic E-state index is 0.258. The molecule has 0 aliphatic rings. The maximum Gasteiger partial charge on any atom is 0.305 e. The van der Waals surface area contributed by atoms with E-state index in [9.17, 15) is 14.0 Å². The molecule has 1 atom stereocenters. The lowest BCUT2D eigenvalue weighted by atomic mass is 10.0. The Hall–Kier alpha value is -3.09. The van der Waals surface area contributed by atoms with Crippen LogP contribution in [0.15, 0.2) is 42.5 Å². The number of carboxylic acid groups (broad SMARTS) is 1. The number of methoxy groups -OCH3 is 2. The van der Waals surface area contributed by atoms with Crippen molar-refractivity contribution < 1.29 is 28.6 Å². The van der Waals surface area contributed by atoms with Crippen molar-refractivity contribution in [3.05, 3.63) is 59.4 Å². The smallest absolute Gasteiger partial charge is 0.305 e. The highest BCUT2D eigenvalue weighted by Gasteiger charge is 2.20. The fourth-order valence-corrected chi connectivity index (χ4v) is 2.30. The van der Waals surface area contributed by atoms with Crippen LogP contribution in [-0.2, 0) is 4.79 Å². The third kappa shape index (κ3) is 4.94. The van der Waals surface area contributed by atoms with Gasteiger partial charge >= 0.3 is 5.97 Å². The van der Waals surface area contributed by atoms with Crippen LogP contribution in [0, 0.1) is 5.82 Å². The minimum atomic E-state index is -1.09. The number of carbonyl (C=O) groups is 2. The van der Waals surface area contributed by atoms with Gasteiger partial charge in [-0.25, -0.2) is 4.39 Å². The highest BCUT2D eigenvalue weighted by atomic mass is 19.1. The molecule has 25 heavy (non-hydrogen) atoms. The Morgan fingerprint density at radius 1 is 1.08 bits per heavy atom. The molecule has 2 aromatic carbocycles. The first-order valence-corrected chi connectivity index (χ1v) is 7.44. The zero-order valence-electron chi connectivity index (χ0n) is 13.8. The van der Waals surface area contributed by atoms with Gasteiger partial charge in [-0.1, -0.05) is 12.1 Å². The zero-order valence-corrected chi connectivity index (χ0v) is 13.8. The number of aliphatic carboxylic acids is 1. The lowest BCUT2D eigenvalue weighted by molar-refractivity contribution is -0.137. The van der Waals surface area contributed by atoms with Crippen LogP contribution in [0.2, 0.25) is 0 Å². The topological polar surface area (TPSA) is 84.9 Å². The van der Waals surface area contributed by atoms with Crippen molar-refractivity contribution in [2.45, 2.75) is 12.5 Å². The molecule has 0 unspecified atom stereocenters. The number of hydrogen-bond donors (Lipinski definition) is 2. The number of amides is 1. The average Bonchev–Trinajstić information content (AvgIpc) is 2.60. The third-order valence-electron chi connectivity index (χ3n) is 3.57. The molecule has 0 heterocycles. The van der Waals surface area contributed by atoms with E-state index in [-0.39, 0.29) is 12.0 Å². The van der Waals surface area contributed by atoms with E-state index < -0.39 is 23.7 Å². The number of rotatable bonds is 7. The minimum Gasteiger partial charge on any atom is -0.497 e. The molecule has 7 heteroatoms. The quantitative estimate of drug-likeness (QED) is 0.804. The Bertz CT molecular complexity index is 738. The second kappa shape index (κ2) is 8.14. The van der Waals surface area contributed by atoms with Gasteiger partial charge < -0.3 is 19.9 Å². The first kappa shape index (κ1) is 18.3. The van der Waals surface area contributed by atoms with Crippen LogP contribution >= 0.6 is 0 Å². The molecule has 0 aliphatic heterocycles. The van der Waals surface area contributed by atoms with Crippen LogP contribution in [-0.4, -0.2) is 31.2 Å². The Labute approximate surface area is 144 Å². The van der Waals surface area contributed by atoms with Gasteiger partial charge in [-0.05, 0) is 29.8 Å². The normalized spacial score (nSPS) is 11.5. The number of benzene rings is 2. The highest BCUT2D eigenvalue weighted by Crippen LogP contribution is 2.24. The number of hydrogen-bond acceptors (Lipinski definition) is 4. The first-order valence-electron chi connectivity index (χ1n) is 7.44. The molecule has 1 amide bonds. The van der Waals surface area contributed by atoms with Crippen LogP contribution < -0.4 is 14.8 Å². The fourth-order valence-electron chi connectivity index (χ4n) is 2.30. The second-order valence-corrected chi connectivity index (χ2v) is 5.28. The number of carboxylic acids is 1. The van der Waals surface area contributed by atoms with Crippen LogP contribution in [0.25, 0.3) is 0 Å². The Kier molecular flexibility index (Phi) is 5.94. The van der Waals surface area contributed by atoms with Crippen molar-refractivity contribution in [2.75, 3.05) is 14.2 Å². The number of carbonyl (C=O) groups excluding carboxylic acids is 1. The Balaban J connectivity index is 2.27. The molecular weight excluding hydrogens is 329 g/mol. The maximum absolute atomic E-state index is 13.1. The van der Waals surface area contributed by atoms with E-state index in [2.05, 4.69) is 5.32 Å². The number of halogens is 1. The van der Waals surface area contributed by atoms with Crippen molar-refractivity contribution in [3.8, 4) is 11.5 Å². The van der Waals surface area contributed by atoms with E-state index in [1.54, 1.807) is 6.07 Å². The van der Waals surface area contributed by atoms with Gasteiger partial charge in [-0.3, -0.25) is 9.59 Å². The molecule has 2 rings (SSSR count). The Morgan fingerprint density at radius 3 is 2.12 bits per heavy atom. The zero-order chi connectivity index (χ0) is 18.4. The van der Waals surface area contributed by atoms with Gasteiger partial charge in [0.2, 0.25) is 0 Å². The van der Waals surface area contributed by atoms with Crippen molar-refractivity contribution in [1.82, 2.24) is 5.32 Å². The van der Waals surface area contributed by atoms with E-state index >= 15 is 0 Å². The van der Waals surface area contributed by atoms with Gasteiger partial charge in [0.05, 0.1) is 26.7 Å². The molecule has 0 aliphatic carbocycles. The van der Waals surface area contributed by atoms with Gasteiger partial charge in [0, 0.05) is 11.6 Å². The average molecular weight is 347 g/mol. The summed E-state index contributed by atoms with van der Waals surface area (Å²) in [5.41, 5.74) is 0.751. The summed E-state index contributed by atoms with van der Waals surface area (Å²) in [5, 5.41) is 11.7. The van der Waals surface area contributed by atoms with Crippen molar-refractivity contribution in [3.63, 3.8) is 0 Å². The SMILES string of the molecule is COc1cc(OC)cc(C(=O)N[C@H](CC(=O)O)c2ccc(F)cc2)c1. The van der Waals surface area contributed by atoms with Crippen molar-refractivity contribution in [1.29, 1.82) is 0 Å². The fraction of sp³-hybridized carbons (Fsp3) is 0.222. The summed E-state index contributed by atoms with van der Waals surface area (Å²) in [7, 11) is 2.92. The lowest BCUT2D eigenvalue weighted by Crippen LogP contribution is -2.30. The molecule has 0 saturated carbocycles. The largest absolute Gasteiger partial charge is 0.497 e. The summed E-state index contributed by atoms with van der Waals surface area (Å²) in [6, 6.07) is 9.15. The molecule has 0 spiro atoms. The van der Waals surface area contributed by atoms with Gasteiger partial charge in [0.15, 0.2) is 0 Å². The summed E-state index contributed by atoms with van der Waals surface area (Å²) >= 11 is 0. The molecule has 0 radical (unpaired) electrons. The molecule has 0 aromatic heterocycles. The second-order valence-electron chi connectivity index (χ2n) is 5.28. The van der Waals surface area contributed by atoms with E-state index in [1.165, 1.54) is 50.6 Å². The molecule has 6 nitrogen and oxygen atoms in total. The van der Waals surface area contributed by atoms with Crippen molar-refractivity contribution in [2.24, 2.45) is 0 Å². The van der Waals surface area contributed by atoms with Gasteiger partial charge in [-0.15, -0.1) is 0 Å². The first-order chi connectivity index (χ1) is 11.9. The van der Waals surface area contributed by atoms with E-state index in [0.717, 1.165) is 0 Å².